The van der Waals surface area contributed by atoms with E-state index in [-0.39, 0.29) is 5.91 Å². The van der Waals surface area contributed by atoms with Crippen molar-refractivity contribution < 1.29 is 4.79 Å². The molecule has 118 valence electrons. The van der Waals surface area contributed by atoms with Crippen LogP contribution < -0.4 is 0 Å². The van der Waals surface area contributed by atoms with E-state index in [1.807, 2.05) is 0 Å². The molecule has 1 N–H and O–H groups in total. The molecule has 1 atom stereocenters. The van der Waals surface area contributed by atoms with Crippen molar-refractivity contribution in [3.05, 3.63) is 39.8 Å². The second-order valence-electron chi connectivity index (χ2n) is 5.88. The standard InChI is InChI=1S/C17H23N3OS/c1-2-16-15(12-18-19-16)17(21)20-10-4-3-6-13(20)8-9-14-7-5-11-22-14/h5,7,11-13H,2-4,6,8-10H2,1H3,(H,18,19). The average Bonchev–Trinajstić information content (AvgIpc) is 3.23. The third-order valence-corrected chi connectivity index (χ3v) is 5.43. The van der Waals surface area contributed by atoms with Crippen LogP contribution in [0, 0.1) is 0 Å². The topological polar surface area (TPSA) is 49.0 Å². The van der Waals surface area contributed by atoms with Crippen molar-refractivity contribution >= 4 is 17.2 Å². The van der Waals surface area contributed by atoms with Crippen LogP contribution >= 0.6 is 11.3 Å². The third-order valence-electron chi connectivity index (χ3n) is 4.49. The highest BCUT2D eigenvalue weighted by molar-refractivity contribution is 7.09. The first-order valence-corrected chi connectivity index (χ1v) is 9.03. The smallest absolute Gasteiger partial charge is 0.257 e. The lowest BCUT2D eigenvalue weighted by molar-refractivity contribution is 0.0601. The summed E-state index contributed by atoms with van der Waals surface area (Å²) in [6.45, 7) is 2.93. The molecular formula is C17H23N3OS. The largest absolute Gasteiger partial charge is 0.336 e. The van der Waals surface area contributed by atoms with Crippen LogP contribution in [0.5, 0.6) is 0 Å². The van der Waals surface area contributed by atoms with Crippen molar-refractivity contribution in [2.24, 2.45) is 0 Å². The number of hydrogen-bond donors (Lipinski definition) is 1. The summed E-state index contributed by atoms with van der Waals surface area (Å²) in [5.41, 5.74) is 1.71. The van der Waals surface area contributed by atoms with E-state index in [1.165, 1.54) is 11.3 Å². The van der Waals surface area contributed by atoms with Gasteiger partial charge in [-0.3, -0.25) is 9.89 Å². The molecule has 0 aliphatic carbocycles. The molecule has 3 rings (SSSR count). The van der Waals surface area contributed by atoms with Gasteiger partial charge in [-0.2, -0.15) is 5.10 Å². The van der Waals surface area contributed by atoms with E-state index in [0.29, 0.717) is 6.04 Å². The number of rotatable bonds is 5. The van der Waals surface area contributed by atoms with E-state index >= 15 is 0 Å². The molecule has 0 bridgehead atoms. The molecule has 0 aromatic carbocycles. The third kappa shape index (κ3) is 3.24. The molecule has 1 aliphatic heterocycles. The number of likely N-dealkylation sites (tertiary alicyclic amines) is 1. The van der Waals surface area contributed by atoms with Crippen LogP contribution in [0.15, 0.2) is 23.7 Å². The molecule has 0 radical (unpaired) electrons. The van der Waals surface area contributed by atoms with Gasteiger partial charge in [0.15, 0.2) is 0 Å². The number of hydrogen-bond acceptors (Lipinski definition) is 3. The van der Waals surface area contributed by atoms with Crippen LogP contribution in [0.2, 0.25) is 0 Å². The Labute approximate surface area is 135 Å². The molecule has 5 heteroatoms. The first-order valence-electron chi connectivity index (χ1n) is 8.15. The van der Waals surface area contributed by atoms with Gasteiger partial charge >= 0.3 is 0 Å². The van der Waals surface area contributed by atoms with Gasteiger partial charge in [0.25, 0.3) is 5.91 Å². The Bertz CT molecular complexity index is 605. The van der Waals surface area contributed by atoms with Crippen molar-refractivity contribution in [2.45, 2.75) is 51.5 Å². The second-order valence-corrected chi connectivity index (χ2v) is 6.91. The minimum atomic E-state index is 0.154. The number of aromatic nitrogens is 2. The lowest BCUT2D eigenvalue weighted by atomic mass is 9.96. The number of amides is 1. The minimum Gasteiger partial charge on any atom is -0.336 e. The van der Waals surface area contributed by atoms with Crippen LogP contribution in [0.3, 0.4) is 0 Å². The highest BCUT2D eigenvalue weighted by atomic mass is 32.1. The zero-order valence-corrected chi connectivity index (χ0v) is 13.9. The lowest BCUT2D eigenvalue weighted by Gasteiger charge is -2.36. The fourth-order valence-electron chi connectivity index (χ4n) is 3.25. The number of nitrogens with zero attached hydrogens (tertiary/aromatic N) is 2. The van der Waals surface area contributed by atoms with Crippen LogP contribution in [-0.2, 0) is 12.8 Å². The molecule has 1 amide bonds. The minimum absolute atomic E-state index is 0.154. The molecule has 4 nitrogen and oxygen atoms in total. The van der Waals surface area contributed by atoms with Crippen LogP contribution in [0.4, 0.5) is 0 Å². The Hall–Kier alpha value is -1.62. The summed E-state index contributed by atoms with van der Waals surface area (Å²) in [6, 6.07) is 4.65. The summed E-state index contributed by atoms with van der Waals surface area (Å²) in [6.07, 6.45) is 8.09. The van der Waals surface area contributed by atoms with Gasteiger partial charge in [0.05, 0.1) is 11.8 Å². The first kappa shape index (κ1) is 15.3. The number of aryl methyl sites for hydroxylation is 2. The van der Waals surface area contributed by atoms with Gasteiger partial charge in [-0.25, -0.2) is 0 Å². The van der Waals surface area contributed by atoms with Gasteiger partial charge in [0.1, 0.15) is 0 Å². The predicted octanol–water partition coefficient (Wildman–Crippen LogP) is 3.66. The van der Waals surface area contributed by atoms with E-state index in [9.17, 15) is 4.79 Å². The summed E-state index contributed by atoms with van der Waals surface area (Å²) >= 11 is 1.81. The van der Waals surface area contributed by atoms with Gasteiger partial charge in [0, 0.05) is 23.2 Å². The number of aromatic amines is 1. The molecule has 22 heavy (non-hydrogen) atoms. The van der Waals surface area contributed by atoms with Gasteiger partial charge in [-0.15, -0.1) is 11.3 Å². The zero-order chi connectivity index (χ0) is 15.4. The maximum Gasteiger partial charge on any atom is 0.257 e. The van der Waals surface area contributed by atoms with Crippen molar-refractivity contribution in [1.29, 1.82) is 0 Å². The number of thiophene rings is 1. The van der Waals surface area contributed by atoms with Gasteiger partial charge in [0.2, 0.25) is 0 Å². The monoisotopic (exact) mass is 317 g/mol. The molecule has 0 saturated carbocycles. The molecular weight excluding hydrogens is 294 g/mol. The Kier molecular flexibility index (Phi) is 4.93. The fraction of sp³-hybridized carbons (Fsp3) is 0.529. The van der Waals surface area contributed by atoms with Gasteiger partial charge in [-0.05, 0) is 50.0 Å². The van der Waals surface area contributed by atoms with Crippen molar-refractivity contribution in [1.82, 2.24) is 15.1 Å². The summed E-state index contributed by atoms with van der Waals surface area (Å²) in [4.78, 5) is 16.4. The highest BCUT2D eigenvalue weighted by Crippen LogP contribution is 2.25. The van der Waals surface area contributed by atoms with Crippen molar-refractivity contribution in [3.8, 4) is 0 Å². The van der Waals surface area contributed by atoms with E-state index in [2.05, 4.69) is 39.5 Å². The molecule has 2 aromatic heterocycles. The molecule has 3 heterocycles. The molecule has 0 spiro atoms. The number of nitrogens with one attached hydrogen (secondary N) is 1. The lowest BCUT2D eigenvalue weighted by Crippen LogP contribution is -2.44. The molecule has 1 unspecified atom stereocenters. The number of carbonyl (C=O) groups excluding carboxylic acids is 1. The van der Waals surface area contributed by atoms with Gasteiger partial charge in [-0.1, -0.05) is 13.0 Å². The predicted molar refractivity (Wildman–Crippen MR) is 89.3 cm³/mol. The van der Waals surface area contributed by atoms with E-state index in [1.54, 1.807) is 17.5 Å². The van der Waals surface area contributed by atoms with Crippen molar-refractivity contribution in [3.63, 3.8) is 0 Å². The number of carbonyl (C=O) groups is 1. The molecule has 1 aliphatic rings. The van der Waals surface area contributed by atoms with Crippen LogP contribution in [0.25, 0.3) is 0 Å². The number of H-pyrrole nitrogens is 1. The first-order chi connectivity index (χ1) is 10.8. The van der Waals surface area contributed by atoms with Gasteiger partial charge < -0.3 is 4.90 Å². The SMILES string of the molecule is CCc1[nH]ncc1C(=O)N1CCCCC1CCc1cccs1. The summed E-state index contributed by atoms with van der Waals surface area (Å²) < 4.78 is 0. The van der Waals surface area contributed by atoms with E-state index in [4.69, 9.17) is 0 Å². The van der Waals surface area contributed by atoms with E-state index in [0.717, 1.165) is 49.9 Å². The van der Waals surface area contributed by atoms with E-state index < -0.39 is 0 Å². The average molecular weight is 317 g/mol. The maximum absolute atomic E-state index is 12.9. The molecule has 1 saturated heterocycles. The Morgan fingerprint density at radius 2 is 2.41 bits per heavy atom. The molecule has 1 fully saturated rings. The normalized spacial score (nSPS) is 18.6. The zero-order valence-electron chi connectivity index (χ0n) is 13.0. The Morgan fingerprint density at radius 1 is 1.50 bits per heavy atom. The van der Waals surface area contributed by atoms with Crippen LogP contribution in [-0.4, -0.2) is 33.6 Å². The quantitative estimate of drug-likeness (QED) is 0.915. The fourth-order valence-corrected chi connectivity index (χ4v) is 3.98. The van der Waals surface area contributed by atoms with Crippen molar-refractivity contribution in [2.75, 3.05) is 6.54 Å². The highest BCUT2D eigenvalue weighted by Gasteiger charge is 2.28. The summed E-state index contributed by atoms with van der Waals surface area (Å²) in [5, 5.41) is 9.12. The summed E-state index contributed by atoms with van der Waals surface area (Å²) in [5.74, 6) is 0.154. The maximum atomic E-state index is 12.9. The van der Waals surface area contributed by atoms with Crippen LogP contribution in [0.1, 0.15) is 53.5 Å². The number of piperidine rings is 1. The Balaban J connectivity index is 1.70. The summed E-state index contributed by atoms with van der Waals surface area (Å²) in [7, 11) is 0. The second kappa shape index (κ2) is 7.09. The molecule has 2 aromatic rings. The Morgan fingerprint density at radius 3 is 3.18 bits per heavy atom.